The van der Waals surface area contributed by atoms with E-state index in [0.717, 1.165) is 17.0 Å². The van der Waals surface area contributed by atoms with Crippen LogP contribution in [0.5, 0.6) is 0 Å². The van der Waals surface area contributed by atoms with Crippen LogP contribution in [0.2, 0.25) is 0 Å². The van der Waals surface area contributed by atoms with E-state index in [1.807, 2.05) is 25.7 Å². The molecule has 158 valence electrons. The van der Waals surface area contributed by atoms with Gasteiger partial charge in [0.1, 0.15) is 5.69 Å². The Bertz CT molecular complexity index is 936. The van der Waals surface area contributed by atoms with Crippen molar-refractivity contribution in [2.45, 2.75) is 64.5 Å². The van der Waals surface area contributed by atoms with Crippen LogP contribution in [0.3, 0.4) is 0 Å². The van der Waals surface area contributed by atoms with Crippen LogP contribution in [0.4, 0.5) is 13.2 Å². The average molecular weight is 408 g/mol. The van der Waals surface area contributed by atoms with Crippen LogP contribution in [-0.2, 0) is 16.4 Å². The number of carbonyl (C=O) groups excluding carboxylic acids is 1. The number of fused-ring (bicyclic) bond motifs is 1. The van der Waals surface area contributed by atoms with Crippen molar-refractivity contribution >= 4 is 11.6 Å². The quantitative estimate of drug-likeness (QED) is 0.740. The van der Waals surface area contributed by atoms with Crippen LogP contribution in [0.15, 0.2) is 12.1 Å². The van der Waals surface area contributed by atoms with Crippen LogP contribution in [-0.4, -0.2) is 38.5 Å². The van der Waals surface area contributed by atoms with Crippen molar-refractivity contribution in [1.29, 1.82) is 0 Å². The van der Waals surface area contributed by atoms with E-state index >= 15 is 0 Å². The maximum atomic E-state index is 13.7. The van der Waals surface area contributed by atoms with E-state index in [1.165, 1.54) is 0 Å². The summed E-state index contributed by atoms with van der Waals surface area (Å²) in [4.78, 5) is 18.8. The molecule has 1 saturated carbocycles. The lowest BCUT2D eigenvalue weighted by molar-refractivity contribution is -0.142. The molecule has 0 N–H and O–H groups in total. The van der Waals surface area contributed by atoms with Gasteiger partial charge < -0.3 is 4.90 Å². The van der Waals surface area contributed by atoms with Gasteiger partial charge in [0, 0.05) is 36.4 Å². The third kappa shape index (κ3) is 3.85. The van der Waals surface area contributed by atoms with E-state index in [9.17, 15) is 18.0 Å². The second-order valence-electron chi connectivity index (χ2n) is 9.53. The van der Waals surface area contributed by atoms with Crippen LogP contribution in [0.1, 0.15) is 70.0 Å². The highest BCUT2D eigenvalue weighted by Gasteiger charge is 2.42. The Balaban J connectivity index is 1.60. The first-order valence-corrected chi connectivity index (χ1v) is 10.2. The molecule has 1 amide bonds. The maximum Gasteiger partial charge on any atom is 0.433 e. The number of piperidine rings is 1. The van der Waals surface area contributed by atoms with Crippen molar-refractivity contribution in [3.05, 3.63) is 29.2 Å². The molecule has 4 rings (SSSR count). The van der Waals surface area contributed by atoms with Gasteiger partial charge in [-0.3, -0.25) is 4.79 Å². The standard InChI is InChI=1S/C21H27F3N4O/c1-12-9-14(12)19(29)27-7-5-13(6-8-27)15-10-18-25-16(20(2,3)4)11-17(21(22,23)24)28(18)26-15/h10-14H,5-9H2,1-4H3/t12-,14+/m1/s1. The molecule has 2 atom stereocenters. The fourth-order valence-electron chi connectivity index (χ4n) is 4.07. The first-order valence-electron chi connectivity index (χ1n) is 10.2. The zero-order valence-corrected chi connectivity index (χ0v) is 17.3. The molecule has 2 aromatic rings. The fourth-order valence-corrected chi connectivity index (χ4v) is 4.07. The van der Waals surface area contributed by atoms with Gasteiger partial charge in [-0.05, 0) is 31.2 Å². The fraction of sp³-hybridized carbons (Fsp3) is 0.667. The molecule has 1 aliphatic carbocycles. The van der Waals surface area contributed by atoms with Crippen LogP contribution >= 0.6 is 0 Å². The lowest BCUT2D eigenvalue weighted by Gasteiger charge is -2.31. The minimum Gasteiger partial charge on any atom is -0.342 e. The van der Waals surface area contributed by atoms with E-state index in [4.69, 9.17) is 0 Å². The molecular formula is C21H27F3N4O. The number of halogens is 3. The van der Waals surface area contributed by atoms with Crippen LogP contribution in [0, 0.1) is 11.8 Å². The van der Waals surface area contributed by atoms with Gasteiger partial charge in [0.05, 0.1) is 11.4 Å². The van der Waals surface area contributed by atoms with E-state index in [2.05, 4.69) is 17.0 Å². The molecule has 8 heteroatoms. The third-order valence-corrected chi connectivity index (χ3v) is 6.16. The zero-order valence-electron chi connectivity index (χ0n) is 17.3. The maximum absolute atomic E-state index is 13.7. The number of rotatable bonds is 2. The van der Waals surface area contributed by atoms with Gasteiger partial charge in [-0.15, -0.1) is 0 Å². The molecule has 0 unspecified atom stereocenters. The molecule has 2 aromatic heterocycles. The molecule has 0 bridgehead atoms. The number of likely N-dealkylation sites (tertiary alicyclic amines) is 1. The lowest BCUT2D eigenvalue weighted by atomic mass is 9.91. The SMILES string of the molecule is C[C@@H]1C[C@@H]1C(=O)N1CCC(c2cc3nc(C(C)(C)C)cc(C(F)(F)F)n3n2)CC1. The highest BCUT2D eigenvalue weighted by molar-refractivity contribution is 5.81. The smallest absolute Gasteiger partial charge is 0.342 e. The van der Waals surface area contributed by atoms with Gasteiger partial charge in [-0.2, -0.15) is 18.3 Å². The number of alkyl halides is 3. The highest BCUT2D eigenvalue weighted by Crippen LogP contribution is 2.40. The molecular weight excluding hydrogens is 381 g/mol. The molecule has 1 aliphatic heterocycles. The van der Waals surface area contributed by atoms with Gasteiger partial charge in [0.25, 0.3) is 0 Å². The summed E-state index contributed by atoms with van der Waals surface area (Å²) in [5.41, 5.74) is -0.0551. The van der Waals surface area contributed by atoms with Gasteiger partial charge in [0.2, 0.25) is 5.91 Å². The summed E-state index contributed by atoms with van der Waals surface area (Å²) >= 11 is 0. The van der Waals surface area contributed by atoms with Crippen LogP contribution < -0.4 is 0 Å². The monoisotopic (exact) mass is 408 g/mol. The Kier molecular flexibility index (Phi) is 4.66. The second-order valence-corrected chi connectivity index (χ2v) is 9.53. The minimum atomic E-state index is -4.51. The zero-order chi connectivity index (χ0) is 21.1. The van der Waals surface area contributed by atoms with Crippen molar-refractivity contribution in [3.8, 4) is 0 Å². The Morgan fingerprint density at radius 2 is 1.76 bits per heavy atom. The number of nitrogens with zero attached hydrogens (tertiary/aromatic N) is 4. The Hall–Kier alpha value is -2.12. The van der Waals surface area contributed by atoms with Gasteiger partial charge in [-0.25, -0.2) is 9.50 Å². The van der Waals surface area contributed by atoms with Gasteiger partial charge in [-0.1, -0.05) is 27.7 Å². The average Bonchev–Trinajstić information content (AvgIpc) is 3.20. The van der Waals surface area contributed by atoms with E-state index in [0.29, 0.717) is 43.2 Å². The minimum absolute atomic E-state index is 0.0385. The second kappa shape index (κ2) is 6.71. The molecule has 3 heterocycles. The summed E-state index contributed by atoms with van der Waals surface area (Å²) in [6, 6.07) is 2.78. The predicted molar refractivity (Wildman–Crippen MR) is 103 cm³/mol. The molecule has 1 saturated heterocycles. The number of hydrogen-bond donors (Lipinski definition) is 0. The summed E-state index contributed by atoms with van der Waals surface area (Å²) in [6.45, 7) is 8.88. The molecule has 0 radical (unpaired) electrons. The predicted octanol–water partition coefficient (Wildman–Crippen LogP) is 4.41. The molecule has 2 fully saturated rings. The number of carbonyl (C=O) groups is 1. The molecule has 5 nitrogen and oxygen atoms in total. The van der Waals surface area contributed by atoms with E-state index in [-0.39, 0.29) is 23.4 Å². The van der Waals surface area contributed by atoms with Crippen molar-refractivity contribution in [2.75, 3.05) is 13.1 Å². The highest BCUT2D eigenvalue weighted by atomic mass is 19.4. The largest absolute Gasteiger partial charge is 0.433 e. The van der Waals surface area contributed by atoms with E-state index in [1.54, 1.807) is 6.07 Å². The Morgan fingerprint density at radius 1 is 1.14 bits per heavy atom. The third-order valence-electron chi connectivity index (χ3n) is 6.16. The van der Waals surface area contributed by atoms with Gasteiger partial charge in [0.15, 0.2) is 5.65 Å². The topological polar surface area (TPSA) is 50.5 Å². The summed E-state index contributed by atoms with van der Waals surface area (Å²) < 4.78 is 41.9. The van der Waals surface area contributed by atoms with Crippen LogP contribution in [0.25, 0.3) is 5.65 Å². The number of amides is 1. The molecule has 2 aliphatic rings. The first-order chi connectivity index (χ1) is 13.4. The lowest BCUT2D eigenvalue weighted by Crippen LogP contribution is -2.39. The van der Waals surface area contributed by atoms with Gasteiger partial charge >= 0.3 is 6.18 Å². The Morgan fingerprint density at radius 3 is 2.28 bits per heavy atom. The molecule has 0 aromatic carbocycles. The molecule has 29 heavy (non-hydrogen) atoms. The normalized spacial score (nSPS) is 23.6. The first kappa shape index (κ1) is 20.2. The summed E-state index contributed by atoms with van der Waals surface area (Å²) in [7, 11) is 0. The number of hydrogen-bond acceptors (Lipinski definition) is 3. The molecule has 0 spiro atoms. The summed E-state index contributed by atoms with van der Waals surface area (Å²) in [5.74, 6) is 0.900. The summed E-state index contributed by atoms with van der Waals surface area (Å²) in [5, 5.41) is 4.29. The van der Waals surface area contributed by atoms with Crippen molar-refractivity contribution in [2.24, 2.45) is 11.8 Å². The van der Waals surface area contributed by atoms with Crippen molar-refractivity contribution in [1.82, 2.24) is 19.5 Å². The van der Waals surface area contributed by atoms with E-state index < -0.39 is 17.3 Å². The summed E-state index contributed by atoms with van der Waals surface area (Å²) in [6.07, 6.45) is -2.12. The van der Waals surface area contributed by atoms with Crippen molar-refractivity contribution in [3.63, 3.8) is 0 Å². The Labute approximate surface area is 168 Å². The number of aromatic nitrogens is 3. The van der Waals surface area contributed by atoms with Crippen molar-refractivity contribution < 1.29 is 18.0 Å².